The van der Waals surface area contributed by atoms with Gasteiger partial charge in [-0.05, 0) is 224 Å². The molecule has 9 heterocycles. The van der Waals surface area contributed by atoms with E-state index in [1.807, 2.05) is 62.9 Å². The van der Waals surface area contributed by atoms with E-state index in [0.29, 0.717) is 68.6 Å². The number of hydrogen-bond acceptors (Lipinski definition) is 15. The third-order valence-electron chi connectivity index (χ3n) is 20.2. The number of halogens is 4. The number of hydrogen-bond donors (Lipinski definition) is 3. The second kappa shape index (κ2) is 37.0. The summed E-state index contributed by atoms with van der Waals surface area (Å²) in [6.45, 7) is 44.8. The molecule has 598 valence electrons. The molecule has 0 aliphatic carbocycles. The van der Waals surface area contributed by atoms with E-state index in [2.05, 4.69) is 158 Å². The van der Waals surface area contributed by atoms with Crippen molar-refractivity contribution in [3.63, 3.8) is 0 Å². The number of amides is 2. The number of anilines is 3. The normalized spacial score (nSPS) is 12.3. The molecule has 1 atom stereocenters. The number of fused-ring (bicyclic) bond motifs is 3. The molecule has 112 heavy (non-hydrogen) atoms. The number of carbonyl (C=O) groups is 3. The molecule has 2 amide bonds. The fourth-order valence-corrected chi connectivity index (χ4v) is 29.7. The van der Waals surface area contributed by atoms with Crippen LogP contribution in [0.25, 0.3) is 33.1 Å². The Balaban J connectivity index is 0.000000201. The smallest absolute Gasteiger partial charge is 0.416 e. The number of aliphatic hydroxyl groups excluding tert-OH is 1. The first kappa shape index (κ1) is 88.1. The molecule has 0 radical (unpaired) electrons. The van der Waals surface area contributed by atoms with Crippen molar-refractivity contribution in [3.8, 4) is 11.5 Å². The molecule has 0 spiro atoms. The van der Waals surface area contributed by atoms with Crippen LogP contribution in [0, 0.1) is 42.2 Å². The number of nitrogen functional groups attached to an aromatic ring is 1. The first-order chi connectivity index (χ1) is 52.6. The Kier molecular flexibility index (Phi) is 29.1. The summed E-state index contributed by atoms with van der Waals surface area (Å²) in [4.78, 5) is 67.8. The molecule has 9 aromatic heterocycles. The Labute approximate surface area is 672 Å². The first-order valence-electron chi connectivity index (χ1n) is 37.8. The lowest BCUT2D eigenvalue weighted by Crippen LogP contribution is -2.51. The van der Waals surface area contributed by atoms with Crippen LogP contribution in [0.1, 0.15) is 191 Å². The van der Waals surface area contributed by atoms with Gasteiger partial charge in [-0.2, -0.15) is 13.2 Å². The molecule has 1 unspecified atom stereocenters. The number of aliphatic hydroxyl groups is 1. The van der Waals surface area contributed by atoms with Gasteiger partial charge >= 0.3 is 12.2 Å². The number of ether oxygens (including phenoxy) is 4. The van der Waals surface area contributed by atoms with Crippen LogP contribution in [0.3, 0.4) is 0 Å². The fraction of sp³-hybridized carbons (Fsp3) is 0.407. The highest BCUT2D eigenvalue weighted by atomic mass is 127. The van der Waals surface area contributed by atoms with E-state index >= 15 is 4.39 Å². The van der Waals surface area contributed by atoms with Gasteiger partial charge in [-0.1, -0.05) is 113 Å². The number of aryl methyl sites for hydroxylation is 3. The van der Waals surface area contributed by atoms with Crippen LogP contribution in [-0.4, -0.2) is 109 Å². The molecule has 11 rings (SSSR count). The molecule has 20 nitrogen and oxygen atoms in total. The highest BCUT2D eigenvalue weighted by Crippen LogP contribution is 2.47. The Morgan fingerprint density at radius 2 is 0.982 bits per heavy atom. The van der Waals surface area contributed by atoms with Crippen molar-refractivity contribution in [1.82, 2.24) is 43.4 Å². The monoisotopic (exact) mass is 1680 g/mol. The van der Waals surface area contributed by atoms with Crippen LogP contribution in [0.2, 0.25) is 33.2 Å². The van der Waals surface area contributed by atoms with E-state index in [1.54, 1.807) is 117 Å². The second-order valence-electron chi connectivity index (χ2n) is 32.3. The summed E-state index contributed by atoms with van der Waals surface area (Å²) < 4.78 is 71.3. The Bertz CT molecular complexity index is 5030. The number of aldehydes is 1. The summed E-state index contributed by atoms with van der Waals surface area (Å²) in [6.07, 6.45) is 10.1. The van der Waals surface area contributed by atoms with Crippen molar-refractivity contribution >= 4 is 108 Å². The molecular weight excluding hydrogens is 1570 g/mol. The Morgan fingerprint density at radius 1 is 0.554 bits per heavy atom. The lowest BCUT2D eigenvalue weighted by molar-refractivity contribution is 0.0565. The van der Waals surface area contributed by atoms with Crippen LogP contribution < -0.4 is 25.0 Å². The van der Waals surface area contributed by atoms with Gasteiger partial charge in [0.2, 0.25) is 17.8 Å². The number of aromatic amines is 1. The lowest BCUT2D eigenvalue weighted by Gasteiger charge is -2.44. The minimum atomic E-state index is -2.26. The zero-order valence-electron chi connectivity index (χ0n) is 68.9. The average Bonchev–Trinajstić information content (AvgIpc) is 1.39. The van der Waals surface area contributed by atoms with E-state index < -0.39 is 63.8 Å². The number of carbonyl (C=O) groups excluding carboxylic acids is 3. The number of aromatic nitrogens is 9. The molecule has 0 saturated carbocycles. The number of pyridine rings is 6. The van der Waals surface area contributed by atoms with Crippen molar-refractivity contribution < 1.29 is 51.6 Å². The average molecular weight is 1680 g/mol. The number of nitrogens with one attached hydrogen (secondary N) is 1. The lowest BCUT2D eigenvalue weighted by atomic mass is 10.0. The number of rotatable bonds is 21. The number of benzene rings is 2. The van der Waals surface area contributed by atoms with Gasteiger partial charge in [-0.25, -0.2) is 39.5 Å². The number of nitrogens with two attached hydrogens (primary N) is 1. The van der Waals surface area contributed by atoms with Crippen molar-refractivity contribution in [1.29, 1.82) is 0 Å². The van der Waals surface area contributed by atoms with Gasteiger partial charge in [-0.3, -0.25) is 14.6 Å². The van der Waals surface area contributed by atoms with E-state index in [1.165, 1.54) is 48.2 Å². The summed E-state index contributed by atoms with van der Waals surface area (Å²) in [7, 11) is -0.833. The van der Waals surface area contributed by atoms with E-state index in [9.17, 15) is 28.3 Å². The zero-order chi connectivity index (χ0) is 82.8. The van der Waals surface area contributed by atoms with Gasteiger partial charge in [0.15, 0.2) is 22.8 Å². The number of nitrogens with zero attached hydrogens (tertiary/aromatic N) is 10. The SMILES string of the molecule is COc1ccc(CN(C(=O)OC(C)(C)C)c2ccc(C(O)c3cn([Si](C(C)C)(C(C)C)C(C)C)c4ncc(C)cc34)c(F)n2)cc1.COc1ccc(CN(C(=O)OC(C)(C)C)c2ccc(C=O)c(F)n2)cc1.Cc1cnc2[nH]cc(Cc3ccc(N)nc3F)c2c1.Cc1cnc2c(c1)c(I)cn2[Si](C(C)C)(C(C)C)C(C)C. The molecule has 2 aromatic carbocycles. The van der Waals surface area contributed by atoms with Crippen molar-refractivity contribution in [3.05, 3.63) is 217 Å². The minimum Gasteiger partial charge on any atom is -0.497 e. The van der Waals surface area contributed by atoms with Crippen molar-refractivity contribution in [2.75, 3.05) is 29.8 Å². The van der Waals surface area contributed by atoms with Crippen molar-refractivity contribution in [2.45, 2.75) is 215 Å². The highest BCUT2D eigenvalue weighted by Gasteiger charge is 2.48. The van der Waals surface area contributed by atoms with E-state index in [0.717, 1.165) is 49.9 Å². The molecule has 0 aliphatic heterocycles. The summed E-state index contributed by atoms with van der Waals surface area (Å²) in [5.74, 6) is -0.653. The maximum absolute atomic E-state index is 16.0. The minimum absolute atomic E-state index is 0.0174. The van der Waals surface area contributed by atoms with Gasteiger partial charge in [0.1, 0.15) is 63.2 Å². The number of methoxy groups -OCH3 is 2. The third-order valence-corrected chi connectivity index (χ3v) is 34.5. The quantitative estimate of drug-likeness (QED) is 0.0262. The maximum Gasteiger partial charge on any atom is 0.416 e. The molecule has 26 heteroatoms. The van der Waals surface area contributed by atoms with Crippen molar-refractivity contribution in [2.24, 2.45) is 0 Å². The molecule has 0 saturated heterocycles. The zero-order valence-corrected chi connectivity index (χ0v) is 73.0. The second-order valence-corrected chi connectivity index (χ2v) is 44.9. The molecule has 4 N–H and O–H groups in total. The van der Waals surface area contributed by atoms with Crippen LogP contribution in [0.4, 0.5) is 40.2 Å². The summed E-state index contributed by atoms with van der Waals surface area (Å²) >= 11 is 2.47. The van der Waals surface area contributed by atoms with Crippen LogP contribution >= 0.6 is 22.6 Å². The van der Waals surface area contributed by atoms with E-state index in [4.69, 9.17) is 34.6 Å². The van der Waals surface area contributed by atoms with Crippen LogP contribution in [0.5, 0.6) is 11.5 Å². The Morgan fingerprint density at radius 3 is 1.41 bits per heavy atom. The third kappa shape index (κ3) is 20.3. The molecule has 0 bridgehead atoms. The molecular formula is C86H110F3IN12O8Si2. The standard InChI is InChI=1S/C36H49FN4O4Si.C19H21FN2O4.C17H27IN2Si.C14H13FN4/c1-22(2)46(23(3)4,24(5)6)41-21-30(29-18-25(7)19-38-34(29)41)32(42)28-16-17-31(39-33(28)37)40(35(43)45-36(8,9)10)20-26-12-14-27(44-11)15-13-26;1-19(2,3)26-18(24)22(11-13-5-8-15(25-4)9-6-13)16-10-7-14(12-23)17(20)21-16;1-11(2)21(12(3)4,13(5)6)20-10-16(18)15-8-14(7)9-19-17(15)20;1-8-4-11-10(7-18-14(11)17-6-8)5-9-2-3-12(16)19-13(9)15/h12-19,21-24,32,42H,20H2,1-11H3;5-10,12H,11H2,1-4H3;8-13H,1-7H3;2-4,6-7H,5H2,1H3,(H2,16,19)(H,17,18). The van der Waals surface area contributed by atoms with Gasteiger partial charge in [0.25, 0.3) is 0 Å². The predicted molar refractivity (Wildman–Crippen MR) is 455 cm³/mol. The van der Waals surface area contributed by atoms with Crippen LogP contribution in [0.15, 0.2) is 140 Å². The fourth-order valence-electron chi connectivity index (χ4n) is 15.6. The largest absolute Gasteiger partial charge is 0.497 e. The molecule has 11 aromatic rings. The topological polar surface area (TPSA) is 244 Å². The summed E-state index contributed by atoms with van der Waals surface area (Å²) in [5.41, 5.74) is 16.7. The van der Waals surface area contributed by atoms with Gasteiger partial charge < -0.3 is 43.2 Å². The molecule has 0 aliphatic rings. The van der Waals surface area contributed by atoms with Crippen LogP contribution in [-0.2, 0) is 29.0 Å². The summed E-state index contributed by atoms with van der Waals surface area (Å²) in [5, 5.41) is 14.9. The first-order valence-corrected chi connectivity index (χ1v) is 43.2. The highest BCUT2D eigenvalue weighted by molar-refractivity contribution is 14.1. The van der Waals surface area contributed by atoms with Gasteiger partial charge in [0.05, 0.1) is 32.9 Å². The number of H-pyrrole nitrogens is 1. The van der Waals surface area contributed by atoms with Gasteiger partial charge in [-0.15, -0.1) is 0 Å². The molecule has 0 fully saturated rings. The Hall–Kier alpha value is -9.52. The predicted octanol–water partition coefficient (Wildman–Crippen LogP) is 21.5. The maximum atomic E-state index is 16.0. The van der Waals surface area contributed by atoms with Gasteiger partial charge in [0, 0.05) is 80.0 Å². The summed E-state index contributed by atoms with van der Waals surface area (Å²) in [6, 6.07) is 29.6. The van der Waals surface area contributed by atoms with E-state index in [-0.39, 0.29) is 41.7 Å².